The smallest absolute Gasteiger partial charge is 0.00413 e. The van der Waals surface area contributed by atoms with E-state index in [0.29, 0.717) is 0 Å². The van der Waals surface area contributed by atoms with E-state index in [9.17, 15) is 0 Å². The van der Waals surface area contributed by atoms with E-state index in [-0.39, 0.29) is 5.41 Å². The number of nitrogens with one attached hydrogen (secondary N) is 1. The molecule has 0 saturated carbocycles. The lowest BCUT2D eigenvalue weighted by molar-refractivity contribution is 0.589. The first kappa shape index (κ1) is 25.5. The van der Waals surface area contributed by atoms with E-state index in [4.69, 9.17) is 0 Å². The van der Waals surface area contributed by atoms with Crippen molar-refractivity contribution in [3.05, 3.63) is 81.7 Å². The maximum atomic E-state index is 3.18. The SMILES string of the molecule is CC.CC.CN/C=c1/ccc2ccccc2/c1=C/Cc1ccc(C(C)(C)C)cc1C. The van der Waals surface area contributed by atoms with Crippen molar-refractivity contribution in [2.75, 3.05) is 7.05 Å². The first-order valence-corrected chi connectivity index (χ1v) is 11.4. The lowest BCUT2D eigenvalue weighted by atomic mass is 9.85. The van der Waals surface area contributed by atoms with Gasteiger partial charge in [-0.3, -0.25) is 0 Å². The molecule has 1 heteroatoms. The Morgan fingerprint density at radius 3 is 2.13 bits per heavy atom. The van der Waals surface area contributed by atoms with Gasteiger partial charge in [0.2, 0.25) is 0 Å². The number of rotatable bonds is 3. The Bertz CT molecular complexity index is 1040. The molecule has 0 fully saturated rings. The highest BCUT2D eigenvalue weighted by atomic mass is 14.8. The van der Waals surface area contributed by atoms with Gasteiger partial charge in [0.25, 0.3) is 0 Å². The normalized spacial score (nSPS) is 12.0. The van der Waals surface area contributed by atoms with Crippen LogP contribution in [0.4, 0.5) is 0 Å². The minimum absolute atomic E-state index is 0.192. The van der Waals surface area contributed by atoms with E-state index in [2.05, 4.69) is 99.9 Å². The third-order valence-corrected chi connectivity index (χ3v) is 5.04. The van der Waals surface area contributed by atoms with Crippen LogP contribution in [0, 0.1) is 6.92 Å². The molecule has 0 aliphatic rings. The van der Waals surface area contributed by atoms with Crippen molar-refractivity contribution in [2.24, 2.45) is 0 Å². The van der Waals surface area contributed by atoms with Crippen LogP contribution in [0.2, 0.25) is 0 Å². The molecule has 0 aliphatic carbocycles. The minimum Gasteiger partial charge on any atom is -0.393 e. The van der Waals surface area contributed by atoms with E-state index >= 15 is 0 Å². The first-order valence-electron chi connectivity index (χ1n) is 11.4. The molecule has 0 spiro atoms. The summed E-state index contributed by atoms with van der Waals surface area (Å²) in [4.78, 5) is 0. The fourth-order valence-corrected chi connectivity index (χ4v) is 3.43. The Labute approximate surface area is 184 Å². The van der Waals surface area contributed by atoms with Gasteiger partial charge >= 0.3 is 0 Å². The molecule has 0 saturated heterocycles. The van der Waals surface area contributed by atoms with Crippen molar-refractivity contribution in [3.63, 3.8) is 0 Å². The third kappa shape index (κ3) is 6.49. The number of hydrogen-bond acceptors (Lipinski definition) is 1. The van der Waals surface area contributed by atoms with E-state index in [1.54, 1.807) is 0 Å². The Morgan fingerprint density at radius 1 is 0.867 bits per heavy atom. The second-order valence-corrected chi connectivity index (χ2v) is 8.02. The van der Waals surface area contributed by atoms with Crippen LogP contribution in [0.3, 0.4) is 0 Å². The second kappa shape index (κ2) is 12.2. The van der Waals surface area contributed by atoms with Crippen molar-refractivity contribution < 1.29 is 0 Å². The number of hydrogen-bond donors (Lipinski definition) is 1. The molecule has 162 valence electrons. The highest BCUT2D eigenvalue weighted by Gasteiger charge is 2.14. The molecule has 30 heavy (non-hydrogen) atoms. The summed E-state index contributed by atoms with van der Waals surface area (Å²) in [6, 6.07) is 19.9. The zero-order valence-corrected chi connectivity index (χ0v) is 20.6. The molecular weight excluding hydrogens is 362 g/mol. The van der Waals surface area contributed by atoms with Gasteiger partial charge in [-0.05, 0) is 56.7 Å². The molecule has 0 bridgehead atoms. The van der Waals surface area contributed by atoms with Gasteiger partial charge in [-0.25, -0.2) is 0 Å². The van der Waals surface area contributed by atoms with Crippen molar-refractivity contribution >= 4 is 23.0 Å². The number of aryl methyl sites for hydroxylation is 1. The van der Waals surface area contributed by atoms with Crippen LogP contribution in [0.1, 0.15) is 65.2 Å². The molecule has 1 N–H and O–H groups in total. The lowest BCUT2D eigenvalue weighted by Crippen LogP contribution is -2.27. The predicted molar refractivity (Wildman–Crippen MR) is 137 cm³/mol. The molecule has 0 aromatic heterocycles. The fraction of sp³-hybridized carbons (Fsp3) is 0.379. The third-order valence-electron chi connectivity index (χ3n) is 5.04. The number of benzene rings is 3. The van der Waals surface area contributed by atoms with E-state index in [1.807, 2.05) is 34.7 Å². The molecule has 0 radical (unpaired) electrons. The van der Waals surface area contributed by atoms with Gasteiger partial charge in [-0.1, -0.05) is 109 Å². The summed E-state index contributed by atoms with van der Waals surface area (Å²) in [6.45, 7) is 17.0. The van der Waals surface area contributed by atoms with Crippen LogP contribution in [0.25, 0.3) is 23.0 Å². The molecule has 3 rings (SSSR count). The summed E-state index contributed by atoms with van der Waals surface area (Å²) < 4.78 is 0. The van der Waals surface area contributed by atoms with Gasteiger partial charge in [0.05, 0.1) is 0 Å². The minimum atomic E-state index is 0.192. The first-order chi connectivity index (χ1) is 14.4. The Balaban J connectivity index is 0.00000106. The predicted octanol–water partition coefficient (Wildman–Crippen LogP) is 6.48. The summed E-state index contributed by atoms with van der Waals surface area (Å²) in [5.74, 6) is 0. The zero-order chi connectivity index (χ0) is 22.7. The van der Waals surface area contributed by atoms with Gasteiger partial charge < -0.3 is 5.32 Å². The molecule has 0 atom stereocenters. The highest BCUT2D eigenvalue weighted by Crippen LogP contribution is 2.24. The van der Waals surface area contributed by atoms with Crippen LogP contribution >= 0.6 is 0 Å². The summed E-state index contributed by atoms with van der Waals surface area (Å²) in [5.41, 5.74) is 4.35. The maximum Gasteiger partial charge on any atom is 0.00413 e. The fourth-order valence-electron chi connectivity index (χ4n) is 3.43. The Kier molecular flexibility index (Phi) is 10.4. The Morgan fingerprint density at radius 2 is 1.53 bits per heavy atom. The molecule has 0 aliphatic heterocycles. The van der Waals surface area contributed by atoms with Crippen molar-refractivity contribution in [3.8, 4) is 0 Å². The average Bonchev–Trinajstić information content (AvgIpc) is 2.76. The van der Waals surface area contributed by atoms with Crippen LogP contribution < -0.4 is 15.8 Å². The molecule has 1 nitrogen and oxygen atoms in total. The van der Waals surface area contributed by atoms with Crippen LogP contribution in [-0.4, -0.2) is 7.05 Å². The van der Waals surface area contributed by atoms with E-state index in [1.165, 1.54) is 37.9 Å². The van der Waals surface area contributed by atoms with Crippen molar-refractivity contribution in [1.29, 1.82) is 0 Å². The topological polar surface area (TPSA) is 12.0 Å². The standard InChI is InChI=1S/C25H29N.2C2H6/c1-18-16-22(25(2,3)4)14-12-19(18)13-15-24-21(17-26-5)11-10-20-8-6-7-9-23(20)24;2*1-2/h6-12,14-17,26H,13H2,1-5H3;2*1-2H3/b21-17-,24-15+;;. The quantitative estimate of drug-likeness (QED) is 0.528. The summed E-state index contributed by atoms with van der Waals surface area (Å²) >= 11 is 0. The lowest BCUT2D eigenvalue weighted by Gasteiger charge is -2.20. The molecule has 3 aromatic rings. The average molecular weight is 404 g/mol. The highest BCUT2D eigenvalue weighted by molar-refractivity contribution is 5.83. The van der Waals surface area contributed by atoms with Crippen LogP contribution in [0.15, 0.2) is 54.6 Å². The van der Waals surface area contributed by atoms with Gasteiger partial charge in [-0.15, -0.1) is 0 Å². The summed E-state index contributed by atoms with van der Waals surface area (Å²) in [7, 11) is 1.95. The van der Waals surface area contributed by atoms with Crippen molar-refractivity contribution in [1.82, 2.24) is 5.32 Å². The van der Waals surface area contributed by atoms with Crippen molar-refractivity contribution in [2.45, 2.75) is 67.2 Å². The van der Waals surface area contributed by atoms with E-state index in [0.717, 1.165) is 6.42 Å². The van der Waals surface area contributed by atoms with Gasteiger partial charge in [0, 0.05) is 13.2 Å². The molecule has 0 amide bonds. The molecule has 3 aromatic carbocycles. The van der Waals surface area contributed by atoms with E-state index < -0.39 is 0 Å². The summed E-state index contributed by atoms with van der Waals surface area (Å²) in [5, 5.41) is 8.30. The molecular formula is C29H41N. The second-order valence-electron chi connectivity index (χ2n) is 8.02. The van der Waals surface area contributed by atoms with Crippen LogP contribution in [-0.2, 0) is 11.8 Å². The summed E-state index contributed by atoms with van der Waals surface area (Å²) in [6.07, 6.45) is 5.38. The van der Waals surface area contributed by atoms with Gasteiger partial charge in [-0.2, -0.15) is 0 Å². The number of fused-ring (bicyclic) bond motifs is 1. The zero-order valence-electron chi connectivity index (χ0n) is 20.6. The van der Waals surface area contributed by atoms with Gasteiger partial charge in [0.1, 0.15) is 0 Å². The monoisotopic (exact) mass is 403 g/mol. The van der Waals surface area contributed by atoms with Gasteiger partial charge in [0.15, 0.2) is 0 Å². The molecule has 0 heterocycles. The molecule has 0 unspecified atom stereocenters. The largest absolute Gasteiger partial charge is 0.393 e. The van der Waals surface area contributed by atoms with Crippen LogP contribution in [0.5, 0.6) is 0 Å². The maximum absolute atomic E-state index is 3.18. The Hall–Kier alpha value is -2.54.